The Kier molecular flexibility index (Phi) is 8.07. The van der Waals surface area contributed by atoms with Crippen molar-refractivity contribution >= 4 is 17.4 Å². The minimum Gasteiger partial charge on any atom is -0.497 e. The van der Waals surface area contributed by atoms with Gasteiger partial charge in [-0.15, -0.1) is 0 Å². The number of hydrogen-bond donors (Lipinski definition) is 2. The zero-order valence-corrected chi connectivity index (χ0v) is 19.0. The number of nitrogens with two attached hydrogens (primary N) is 1. The number of aryl methyl sites for hydroxylation is 1. The van der Waals surface area contributed by atoms with Crippen molar-refractivity contribution in [1.29, 1.82) is 0 Å². The number of carbonyl (C=O) groups excluding carboxylic acids is 1. The number of methoxy groups -OCH3 is 1. The van der Waals surface area contributed by atoms with Gasteiger partial charge in [0.05, 0.1) is 13.7 Å². The standard InChI is InChI=1S/C25H30N4O4/c1-3-4-16-28-23(26)22(24(31)27-25(28)32)29(17-19-8-6-5-7-9-19)21(30)15-12-18-10-13-20(33-2)14-11-18/h5-11,13-14H,3-4,12,15-17,26H2,1-2H3,(H,27,31,32). The number of nitrogen functional groups attached to an aromatic ring is 1. The molecule has 2 aromatic carbocycles. The Balaban J connectivity index is 1.94. The highest BCUT2D eigenvalue weighted by Gasteiger charge is 2.24. The number of benzene rings is 2. The third-order valence-electron chi connectivity index (χ3n) is 5.49. The van der Waals surface area contributed by atoms with Crippen LogP contribution in [-0.2, 0) is 24.3 Å². The quantitative estimate of drug-likeness (QED) is 0.493. The van der Waals surface area contributed by atoms with E-state index >= 15 is 0 Å². The number of anilines is 2. The van der Waals surface area contributed by atoms with Crippen molar-refractivity contribution in [3.8, 4) is 5.75 Å². The highest BCUT2D eigenvalue weighted by Crippen LogP contribution is 2.22. The lowest BCUT2D eigenvalue weighted by molar-refractivity contribution is -0.118. The van der Waals surface area contributed by atoms with Crippen molar-refractivity contribution in [2.75, 3.05) is 17.7 Å². The second-order valence-corrected chi connectivity index (χ2v) is 7.81. The van der Waals surface area contributed by atoms with E-state index in [0.717, 1.165) is 29.7 Å². The summed E-state index contributed by atoms with van der Waals surface area (Å²) in [4.78, 5) is 42.2. The summed E-state index contributed by atoms with van der Waals surface area (Å²) in [6.07, 6.45) is 2.24. The van der Waals surface area contributed by atoms with E-state index in [1.165, 1.54) is 9.47 Å². The van der Waals surface area contributed by atoms with Crippen LogP contribution in [0.1, 0.15) is 37.3 Å². The molecule has 0 radical (unpaired) electrons. The van der Waals surface area contributed by atoms with Crippen LogP contribution in [0.25, 0.3) is 0 Å². The molecule has 8 nitrogen and oxygen atoms in total. The molecule has 1 aromatic heterocycles. The van der Waals surface area contributed by atoms with E-state index in [4.69, 9.17) is 10.5 Å². The van der Waals surface area contributed by atoms with Gasteiger partial charge in [0.15, 0.2) is 5.69 Å². The molecule has 0 saturated heterocycles. The number of carbonyl (C=O) groups is 1. The van der Waals surface area contributed by atoms with Crippen LogP contribution >= 0.6 is 0 Å². The van der Waals surface area contributed by atoms with Crippen LogP contribution in [0.4, 0.5) is 11.5 Å². The maximum Gasteiger partial charge on any atom is 0.330 e. The Hall–Kier alpha value is -3.81. The molecule has 33 heavy (non-hydrogen) atoms. The smallest absolute Gasteiger partial charge is 0.330 e. The molecule has 0 aliphatic heterocycles. The fraction of sp³-hybridized carbons (Fsp3) is 0.320. The molecule has 3 N–H and O–H groups in total. The first kappa shape index (κ1) is 23.8. The Labute approximate surface area is 192 Å². The number of aromatic amines is 1. The fourth-order valence-corrected chi connectivity index (χ4v) is 3.61. The number of aromatic nitrogens is 2. The van der Waals surface area contributed by atoms with Gasteiger partial charge in [-0.05, 0) is 36.1 Å². The SMILES string of the molecule is CCCCn1c(N)c(N(Cc2ccccc2)C(=O)CCc2ccc(OC)cc2)c(=O)[nH]c1=O. The minimum absolute atomic E-state index is 0.00549. The predicted octanol–water partition coefficient (Wildman–Crippen LogP) is 3.09. The first-order valence-electron chi connectivity index (χ1n) is 11.0. The van der Waals surface area contributed by atoms with E-state index in [1.807, 2.05) is 61.5 Å². The second kappa shape index (κ2) is 11.2. The lowest BCUT2D eigenvalue weighted by Crippen LogP contribution is -2.41. The summed E-state index contributed by atoms with van der Waals surface area (Å²) in [5.41, 5.74) is 6.88. The monoisotopic (exact) mass is 450 g/mol. The molecule has 0 unspecified atom stereocenters. The lowest BCUT2D eigenvalue weighted by Gasteiger charge is -2.25. The Morgan fingerprint density at radius 2 is 1.76 bits per heavy atom. The summed E-state index contributed by atoms with van der Waals surface area (Å²) < 4.78 is 6.51. The van der Waals surface area contributed by atoms with Crippen molar-refractivity contribution in [3.05, 3.63) is 86.6 Å². The van der Waals surface area contributed by atoms with Crippen LogP contribution in [0.15, 0.2) is 64.2 Å². The Bertz CT molecular complexity index is 1180. The van der Waals surface area contributed by atoms with Crippen molar-refractivity contribution in [2.24, 2.45) is 0 Å². The molecule has 174 valence electrons. The summed E-state index contributed by atoms with van der Waals surface area (Å²) in [5, 5.41) is 0. The molecule has 0 aliphatic carbocycles. The number of ether oxygens (including phenoxy) is 1. The second-order valence-electron chi connectivity index (χ2n) is 7.81. The summed E-state index contributed by atoms with van der Waals surface area (Å²) >= 11 is 0. The molecular formula is C25H30N4O4. The van der Waals surface area contributed by atoms with Crippen molar-refractivity contribution < 1.29 is 9.53 Å². The molecule has 0 fully saturated rings. The average molecular weight is 451 g/mol. The number of nitrogens with one attached hydrogen (secondary N) is 1. The number of rotatable bonds is 10. The van der Waals surface area contributed by atoms with E-state index in [-0.39, 0.29) is 30.4 Å². The zero-order valence-electron chi connectivity index (χ0n) is 19.0. The maximum atomic E-state index is 13.4. The Morgan fingerprint density at radius 3 is 2.39 bits per heavy atom. The van der Waals surface area contributed by atoms with E-state index in [1.54, 1.807) is 7.11 Å². The third kappa shape index (κ3) is 5.91. The van der Waals surface area contributed by atoms with Crippen molar-refractivity contribution in [2.45, 2.75) is 45.7 Å². The van der Waals surface area contributed by atoms with Gasteiger partial charge in [0.1, 0.15) is 11.6 Å². The van der Waals surface area contributed by atoms with Gasteiger partial charge in [-0.3, -0.25) is 19.1 Å². The van der Waals surface area contributed by atoms with Crippen LogP contribution in [0.5, 0.6) is 5.75 Å². The number of amides is 1. The van der Waals surface area contributed by atoms with Gasteiger partial charge in [-0.1, -0.05) is 55.8 Å². The molecule has 3 rings (SSSR count). The summed E-state index contributed by atoms with van der Waals surface area (Å²) in [6, 6.07) is 16.9. The molecular weight excluding hydrogens is 420 g/mol. The highest BCUT2D eigenvalue weighted by atomic mass is 16.5. The van der Waals surface area contributed by atoms with Crippen LogP contribution in [0.3, 0.4) is 0 Å². The summed E-state index contributed by atoms with van der Waals surface area (Å²) in [7, 11) is 1.60. The van der Waals surface area contributed by atoms with Crippen LogP contribution in [0.2, 0.25) is 0 Å². The van der Waals surface area contributed by atoms with Gasteiger partial charge in [0, 0.05) is 13.0 Å². The highest BCUT2D eigenvalue weighted by molar-refractivity contribution is 5.95. The molecule has 0 atom stereocenters. The molecule has 0 saturated carbocycles. The van der Waals surface area contributed by atoms with Gasteiger partial charge in [-0.25, -0.2) is 4.79 Å². The van der Waals surface area contributed by atoms with Gasteiger partial charge in [0.2, 0.25) is 5.91 Å². The van der Waals surface area contributed by atoms with Crippen LogP contribution in [0, 0.1) is 0 Å². The number of hydrogen-bond acceptors (Lipinski definition) is 5. The van der Waals surface area contributed by atoms with Crippen molar-refractivity contribution in [1.82, 2.24) is 9.55 Å². The molecule has 0 bridgehead atoms. The maximum absolute atomic E-state index is 13.4. The predicted molar refractivity (Wildman–Crippen MR) is 130 cm³/mol. The normalized spacial score (nSPS) is 10.7. The van der Waals surface area contributed by atoms with E-state index in [9.17, 15) is 14.4 Å². The largest absolute Gasteiger partial charge is 0.497 e. The van der Waals surface area contributed by atoms with Gasteiger partial charge in [0.25, 0.3) is 5.56 Å². The van der Waals surface area contributed by atoms with E-state index in [0.29, 0.717) is 13.0 Å². The number of unbranched alkanes of at least 4 members (excludes halogenated alkanes) is 1. The zero-order chi connectivity index (χ0) is 23.8. The molecule has 0 spiro atoms. The Morgan fingerprint density at radius 1 is 1.06 bits per heavy atom. The van der Waals surface area contributed by atoms with Gasteiger partial charge < -0.3 is 15.4 Å². The van der Waals surface area contributed by atoms with E-state index in [2.05, 4.69) is 4.98 Å². The van der Waals surface area contributed by atoms with Crippen LogP contribution in [-0.4, -0.2) is 22.6 Å². The molecule has 3 aromatic rings. The molecule has 1 heterocycles. The lowest BCUT2D eigenvalue weighted by atomic mass is 10.1. The summed E-state index contributed by atoms with van der Waals surface area (Å²) in [6.45, 7) is 2.53. The average Bonchev–Trinajstić information content (AvgIpc) is 2.82. The number of nitrogens with zero attached hydrogens (tertiary/aromatic N) is 2. The first-order valence-corrected chi connectivity index (χ1v) is 11.0. The van der Waals surface area contributed by atoms with Crippen molar-refractivity contribution in [3.63, 3.8) is 0 Å². The van der Waals surface area contributed by atoms with Crippen LogP contribution < -0.4 is 26.6 Å². The minimum atomic E-state index is -0.668. The molecule has 1 amide bonds. The molecule has 0 aliphatic rings. The number of H-pyrrole nitrogens is 1. The van der Waals surface area contributed by atoms with Gasteiger partial charge >= 0.3 is 5.69 Å². The summed E-state index contributed by atoms with van der Waals surface area (Å²) in [5.74, 6) is 0.489. The third-order valence-corrected chi connectivity index (χ3v) is 5.49. The molecule has 8 heteroatoms. The topological polar surface area (TPSA) is 110 Å². The fourth-order valence-electron chi connectivity index (χ4n) is 3.61. The first-order chi connectivity index (χ1) is 15.9. The van der Waals surface area contributed by atoms with Gasteiger partial charge in [-0.2, -0.15) is 0 Å². The van der Waals surface area contributed by atoms with E-state index < -0.39 is 11.2 Å².